The van der Waals surface area contributed by atoms with Gasteiger partial charge in [0.15, 0.2) is 0 Å². The minimum absolute atomic E-state index is 0.969. The van der Waals surface area contributed by atoms with E-state index in [0.717, 1.165) is 35.5 Å². The predicted molar refractivity (Wildman–Crippen MR) is 92.2 cm³/mol. The highest BCUT2D eigenvalue weighted by Gasteiger charge is 2.04. The molecule has 0 saturated heterocycles. The Hall–Kier alpha value is -2.22. The minimum Gasteiger partial charge on any atom is -0.288 e. The zero-order chi connectivity index (χ0) is 15.1. The number of hydrogen-bond donors (Lipinski definition) is 0. The Kier molecular flexibility index (Phi) is 5.44. The lowest BCUT2D eigenvalue weighted by Gasteiger charge is -2.07. The smallest absolute Gasteiger partial charge is 0.0657 e. The van der Waals surface area contributed by atoms with Gasteiger partial charge in [-0.15, -0.1) is 0 Å². The molecule has 0 N–H and O–H groups in total. The summed E-state index contributed by atoms with van der Waals surface area (Å²) in [5, 5.41) is 0. The van der Waals surface area contributed by atoms with Crippen molar-refractivity contribution in [3.63, 3.8) is 0 Å². The molecule has 21 heavy (non-hydrogen) atoms. The zero-order valence-corrected chi connectivity index (χ0v) is 13.0. The van der Waals surface area contributed by atoms with Crippen LogP contribution in [0.5, 0.6) is 0 Å². The molecular formula is C19H22N2. The van der Waals surface area contributed by atoms with Crippen LogP contribution in [0, 0.1) is 0 Å². The van der Waals surface area contributed by atoms with E-state index in [2.05, 4.69) is 40.3 Å². The Morgan fingerprint density at radius 2 is 1.86 bits per heavy atom. The van der Waals surface area contributed by atoms with Crippen molar-refractivity contribution >= 4 is 11.4 Å². The van der Waals surface area contributed by atoms with Crippen molar-refractivity contribution < 1.29 is 0 Å². The van der Waals surface area contributed by atoms with E-state index in [4.69, 9.17) is 0 Å². The van der Waals surface area contributed by atoms with Crippen molar-refractivity contribution in [1.82, 2.24) is 0 Å². The Morgan fingerprint density at radius 3 is 2.48 bits per heavy atom. The first-order valence-corrected chi connectivity index (χ1v) is 7.33. The molecule has 2 nitrogen and oxygen atoms in total. The van der Waals surface area contributed by atoms with Crippen LogP contribution in [0.4, 0.5) is 0 Å². The molecule has 0 unspecified atom stereocenters. The lowest BCUT2D eigenvalue weighted by Crippen LogP contribution is -2.01. The van der Waals surface area contributed by atoms with Crippen molar-refractivity contribution in [2.75, 3.05) is 7.05 Å². The summed E-state index contributed by atoms with van der Waals surface area (Å²) in [6.07, 6.45) is 10.8. The fraction of sp³-hybridized carbons (Fsp3) is 0.263. The van der Waals surface area contributed by atoms with Gasteiger partial charge in [-0.3, -0.25) is 9.98 Å². The Balaban J connectivity index is 2.20. The molecule has 0 amide bonds. The summed E-state index contributed by atoms with van der Waals surface area (Å²) in [6, 6.07) is 10.2. The fourth-order valence-corrected chi connectivity index (χ4v) is 2.32. The maximum atomic E-state index is 4.68. The highest BCUT2D eigenvalue weighted by Crippen LogP contribution is 2.14. The number of benzene rings is 1. The maximum absolute atomic E-state index is 4.68. The van der Waals surface area contributed by atoms with Gasteiger partial charge in [0, 0.05) is 18.5 Å². The molecule has 1 aromatic carbocycles. The molecule has 1 aliphatic carbocycles. The molecule has 0 aliphatic heterocycles. The second-order valence-electron chi connectivity index (χ2n) is 5.10. The van der Waals surface area contributed by atoms with Crippen LogP contribution in [0.2, 0.25) is 0 Å². The first-order chi connectivity index (χ1) is 10.2. The van der Waals surface area contributed by atoms with Crippen LogP contribution in [0.25, 0.3) is 0 Å². The Morgan fingerprint density at radius 1 is 1.10 bits per heavy atom. The van der Waals surface area contributed by atoms with E-state index in [1.54, 1.807) is 0 Å². The van der Waals surface area contributed by atoms with Crippen molar-refractivity contribution in [3.8, 4) is 0 Å². The number of rotatable bonds is 4. The van der Waals surface area contributed by atoms with Gasteiger partial charge in [-0.1, -0.05) is 48.6 Å². The molecule has 0 fully saturated rings. The monoisotopic (exact) mass is 278 g/mol. The van der Waals surface area contributed by atoms with Crippen LogP contribution in [-0.4, -0.2) is 18.5 Å². The SMILES string of the molecule is CN=C(/C=C(/C)N=C(C)c1ccccc1)C1=CCCC=C1. The average molecular weight is 278 g/mol. The van der Waals surface area contributed by atoms with E-state index < -0.39 is 0 Å². The van der Waals surface area contributed by atoms with Gasteiger partial charge in [0.05, 0.1) is 5.71 Å². The van der Waals surface area contributed by atoms with E-state index in [0.29, 0.717) is 0 Å². The van der Waals surface area contributed by atoms with Crippen LogP contribution in [0.15, 0.2) is 75.9 Å². The molecule has 108 valence electrons. The third-order valence-corrected chi connectivity index (χ3v) is 3.41. The summed E-state index contributed by atoms with van der Waals surface area (Å²) in [4.78, 5) is 9.06. The summed E-state index contributed by atoms with van der Waals surface area (Å²) >= 11 is 0. The number of allylic oxidation sites excluding steroid dienone is 6. The molecule has 2 heteroatoms. The molecule has 0 aromatic heterocycles. The van der Waals surface area contributed by atoms with E-state index in [-0.39, 0.29) is 0 Å². The first kappa shape index (κ1) is 15.2. The summed E-state index contributed by atoms with van der Waals surface area (Å²) in [5.41, 5.74) is 5.32. The van der Waals surface area contributed by atoms with Gasteiger partial charge in [0.1, 0.15) is 0 Å². The quantitative estimate of drug-likeness (QED) is 0.710. The highest BCUT2D eigenvalue weighted by molar-refractivity contribution is 6.11. The molecule has 1 aliphatic rings. The highest BCUT2D eigenvalue weighted by atomic mass is 14.8. The molecule has 1 aromatic rings. The van der Waals surface area contributed by atoms with Gasteiger partial charge >= 0.3 is 0 Å². The predicted octanol–water partition coefficient (Wildman–Crippen LogP) is 4.75. The van der Waals surface area contributed by atoms with Crippen LogP contribution in [-0.2, 0) is 0 Å². The fourth-order valence-electron chi connectivity index (χ4n) is 2.32. The average Bonchev–Trinajstić information content (AvgIpc) is 2.54. The first-order valence-electron chi connectivity index (χ1n) is 7.33. The third kappa shape index (κ3) is 4.38. The molecule has 0 saturated carbocycles. The van der Waals surface area contributed by atoms with Gasteiger partial charge in [-0.2, -0.15) is 0 Å². The van der Waals surface area contributed by atoms with Gasteiger partial charge in [-0.25, -0.2) is 0 Å². The Labute approximate surface area is 127 Å². The lowest BCUT2D eigenvalue weighted by molar-refractivity contribution is 1.03. The van der Waals surface area contributed by atoms with Crippen LogP contribution in [0.3, 0.4) is 0 Å². The molecule has 2 rings (SSSR count). The zero-order valence-electron chi connectivity index (χ0n) is 13.0. The molecule has 0 radical (unpaired) electrons. The van der Waals surface area contributed by atoms with Gasteiger partial charge < -0.3 is 0 Å². The summed E-state index contributed by atoms with van der Waals surface area (Å²) < 4.78 is 0. The van der Waals surface area contributed by atoms with E-state index >= 15 is 0 Å². The van der Waals surface area contributed by atoms with Crippen molar-refractivity contribution in [1.29, 1.82) is 0 Å². The largest absolute Gasteiger partial charge is 0.288 e. The molecule has 0 bridgehead atoms. The molecule has 0 atom stereocenters. The minimum atomic E-state index is 0.969. The number of nitrogens with zero attached hydrogens (tertiary/aromatic N) is 2. The lowest BCUT2D eigenvalue weighted by atomic mass is 10.0. The van der Waals surface area contributed by atoms with Crippen LogP contribution >= 0.6 is 0 Å². The van der Waals surface area contributed by atoms with Crippen LogP contribution < -0.4 is 0 Å². The van der Waals surface area contributed by atoms with Crippen LogP contribution in [0.1, 0.15) is 32.3 Å². The summed E-state index contributed by atoms with van der Waals surface area (Å²) in [6.45, 7) is 4.06. The number of hydrogen-bond acceptors (Lipinski definition) is 2. The van der Waals surface area contributed by atoms with Crippen molar-refractivity contribution in [3.05, 3.63) is 71.5 Å². The van der Waals surface area contributed by atoms with E-state index in [1.165, 1.54) is 5.57 Å². The molecule has 0 spiro atoms. The third-order valence-electron chi connectivity index (χ3n) is 3.41. The van der Waals surface area contributed by atoms with E-state index in [9.17, 15) is 0 Å². The van der Waals surface area contributed by atoms with Gasteiger partial charge in [-0.05, 0) is 43.9 Å². The summed E-state index contributed by atoms with van der Waals surface area (Å²) in [7, 11) is 1.83. The molecular weight excluding hydrogens is 256 g/mol. The van der Waals surface area contributed by atoms with Gasteiger partial charge in [0.2, 0.25) is 0 Å². The number of aliphatic imine (C=N–C) groups is 2. The topological polar surface area (TPSA) is 24.7 Å². The maximum Gasteiger partial charge on any atom is 0.0657 e. The van der Waals surface area contributed by atoms with Gasteiger partial charge in [0.25, 0.3) is 0 Å². The van der Waals surface area contributed by atoms with E-state index in [1.807, 2.05) is 45.2 Å². The second-order valence-corrected chi connectivity index (χ2v) is 5.10. The van der Waals surface area contributed by atoms with Crippen molar-refractivity contribution in [2.45, 2.75) is 26.7 Å². The normalized spacial score (nSPS) is 16.9. The summed E-state index contributed by atoms with van der Waals surface area (Å²) in [5.74, 6) is 0. The standard InChI is InChI=1S/C19H22N2/c1-15(21-16(2)17-10-6-4-7-11-17)14-19(20-3)18-12-8-5-9-13-18/h4,6-8,10-14H,5,9H2,1-3H3/b15-14-,20-19?,21-16?. The molecule has 0 heterocycles. The Bertz CT molecular complexity index is 629. The van der Waals surface area contributed by atoms with Crippen molar-refractivity contribution in [2.24, 2.45) is 9.98 Å². The second kappa shape index (κ2) is 7.53.